The van der Waals surface area contributed by atoms with E-state index < -0.39 is 24.0 Å². The second-order valence-electron chi connectivity index (χ2n) is 2.96. The van der Waals surface area contributed by atoms with Crippen LogP contribution in [0.4, 0.5) is 4.39 Å². The molecule has 0 amide bonds. The number of halogens is 1. The molecule has 15 heavy (non-hydrogen) atoms. The van der Waals surface area contributed by atoms with Crippen LogP contribution in [-0.2, 0) is 14.4 Å². The summed E-state index contributed by atoms with van der Waals surface area (Å²) in [6.45, 7) is 0. The van der Waals surface area contributed by atoms with Gasteiger partial charge >= 0.3 is 11.9 Å². The summed E-state index contributed by atoms with van der Waals surface area (Å²) in [5, 5.41) is 11.3. The van der Waals surface area contributed by atoms with Gasteiger partial charge in [-0.2, -0.15) is 0 Å². The smallest absolute Gasteiger partial charge is 0.358 e. The molecule has 0 aromatic rings. The lowest BCUT2D eigenvalue weighted by molar-refractivity contribution is -0.138. The number of oxime groups is 1. The zero-order valence-corrected chi connectivity index (χ0v) is 7.59. The quantitative estimate of drug-likeness (QED) is 0.223. The van der Waals surface area contributed by atoms with Crippen molar-refractivity contribution in [3.63, 3.8) is 0 Å². The Morgan fingerprint density at radius 2 is 2.13 bits per heavy atom. The van der Waals surface area contributed by atoms with E-state index in [4.69, 9.17) is 10.8 Å². The third kappa shape index (κ3) is 3.75. The molecule has 0 radical (unpaired) electrons. The summed E-state index contributed by atoms with van der Waals surface area (Å²) >= 11 is 0. The van der Waals surface area contributed by atoms with Crippen molar-refractivity contribution in [2.24, 2.45) is 16.8 Å². The average Bonchev–Trinajstić information content (AvgIpc) is 2.88. The maximum atomic E-state index is 12.4. The van der Waals surface area contributed by atoms with E-state index in [1.165, 1.54) is 0 Å². The lowest BCUT2D eigenvalue weighted by Gasteiger charge is -1.94. The SMILES string of the molecule is N/C(=N/OC(=O)C=CC(=O)O)[C@@H]1C[C@H]1F. The minimum absolute atomic E-state index is 0.0976. The van der Waals surface area contributed by atoms with Gasteiger partial charge in [0.2, 0.25) is 0 Å². The molecule has 1 fully saturated rings. The van der Waals surface area contributed by atoms with Crippen LogP contribution in [0.3, 0.4) is 0 Å². The Morgan fingerprint density at radius 1 is 1.53 bits per heavy atom. The predicted octanol–water partition coefficient (Wildman–Crippen LogP) is -0.199. The highest BCUT2D eigenvalue weighted by Gasteiger charge is 2.41. The molecule has 1 aliphatic carbocycles. The molecule has 0 spiro atoms. The van der Waals surface area contributed by atoms with Gasteiger partial charge in [0.25, 0.3) is 0 Å². The van der Waals surface area contributed by atoms with E-state index in [-0.39, 0.29) is 12.3 Å². The van der Waals surface area contributed by atoms with Crippen LogP contribution in [0.1, 0.15) is 6.42 Å². The van der Waals surface area contributed by atoms with E-state index in [2.05, 4.69) is 9.99 Å². The van der Waals surface area contributed by atoms with E-state index in [9.17, 15) is 14.0 Å². The number of nitrogens with zero attached hydrogens (tertiary/aromatic N) is 1. The Kier molecular flexibility index (Phi) is 3.37. The maximum Gasteiger partial charge on any atom is 0.358 e. The summed E-state index contributed by atoms with van der Waals surface area (Å²) in [6, 6.07) is 0. The molecular formula is C8H9FN2O4. The van der Waals surface area contributed by atoms with Crippen LogP contribution in [0.5, 0.6) is 0 Å². The van der Waals surface area contributed by atoms with Gasteiger partial charge in [0.1, 0.15) is 12.0 Å². The minimum Gasteiger partial charge on any atom is -0.478 e. The highest BCUT2D eigenvalue weighted by atomic mass is 19.1. The third-order valence-electron chi connectivity index (χ3n) is 1.70. The molecule has 3 N–H and O–H groups in total. The number of aliphatic carboxylic acids is 1. The van der Waals surface area contributed by atoms with Crippen LogP contribution >= 0.6 is 0 Å². The fraction of sp³-hybridized carbons (Fsp3) is 0.375. The topological polar surface area (TPSA) is 102 Å². The normalized spacial score (nSPS) is 25.3. The summed E-state index contributed by atoms with van der Waals surface area (Å²) in [4.78, 5) is 25.0. The second-order valence-corrected chi connectivity index (χ2v) is 2.96. The third-order valence-corrected chi connectivity index (χ3v) is 1.70. The van der Waals surface area contributed by atoms with Crippen LogP contribution < -0.4 is 5.73 Å². The van der Waals surface area contributed by atoms with E-state index in [0.717, 1.165) is 0 Å². The zero-order chi connectivity index (χ0) is 11.4. The molecule has 0 heterocycles. The van der Waals surface area contributed by atoms with Crippen LogP contribution in [0.2, 0.25) is 0 Å². The van der Waals surface area contributed by atoms with E-state index in [1.54, 1.807) is 0 Å². The van der Waals surface area contributed by atoms with E-state index in [1.807, 2.05) is 0 Å². The Morgan fingerprint density at radius 3 is 2.60 bits per heavy atom. The lowest BCUT2D eigenvalue weighted by atomic mass is 10.4. The van der Waals surface area contributed by atoms with Gasteiger partial charge in [0.05, 0.1) is 5.92 Å². The summed E-state index contributed by atoms with van der Waals surface area (Å²) in [5.41, 5.74) is 5.27. The lowest BCUT2D eigenvalue weighted by Crippen LogP contribution is -2.17. The van der Waals surface area contributed by atoms with Crippen molar-refractivity contribution in [3.05, 3.63) is 12.2 Å². The number of rotatable bonds is 4. The van der Waals surface area contributed by atoms with Crippen LogP contribution in [0.25, 0.3) is 0 Å². The molecule has 1 rings (SSSR count). The number of carbonyl (C=O) groups is 2. The zero-order valence-electron chi connectivity index (χ0n) is 7.59. The highest BCUT2D eigenvalue weighted by Crippen LogP contribution is 2.33. The fourth-order valence-corrected chi connectivity index (χ4v) is 0.805. The van der Waals surface area contributed by atoms with E-state index in [0.29, 0.717) is 12.2 Å². The molecule has 0 aromatic heterocycles. The highest BCUT2D eigenvalue weighted by molar-refractivity contribution is 5.91. The number of amidine groups is 1. The molecule has 0 aliphatic heterocycles. The Balaban J connectivity index is 2.36. The molecule has 7 heteroatoms. The van der Waals surface area contributed by atoms with Crippen molar-refractivity contribution in [2.45, 2.75) is 12.6 Å². The minimum atomic E-state index is -1.28. The van der Waals surface area contributed by atoms with Gasteiger partial charge in [-0.3, -0.25) is 0 Å². The fourth-order valence-electron chi connectivity index (χ4n) is 0.805. The van der Waals surface area contributed by atoms with Crippen LogP contribution in [-0.4, -0.2) is 29.1 Å². The number of hydrogen-bond donors (Lipinski definition) is 2. The number of carboxylic acid groups (broad SMARTS) is 1. The van der Waals surface area contributed by atoms with Crippen LogP contribution in [0.15, 0.2) is 17.3 Å². The summed E-state index contributed by atoms with van der Waals surface area (Å²) in [5.74, 6) is -2.84. The second kappa shape index (κ2) is 4.54. The first-order valence-electron chi connectivity index (χ1n) is 4.10. The van der Waals surface area contributed by atoms with Crippen LogP contribution in [0, 0.1) is 5.92 Å². The maximum absolute atomic E-state index is 12.4. The Hall–Kier alpha value is -1.92. The average molecular weight is 216 g/mol. The van der Waals surface area contributed by atoms with Crippen molar-refractivity contribution in [1.82, 2.24) is 0 Å². The number of carboxylic acids is 1. The van der Waals surface area contributed by atoms with Gasteiger partial charge in [-0.05, 0) is 6.42 Å². The van der Waals surface area contributed by atoms with Gasteiger partial charge in [-0.15, -0.1) is 0 Å². The van der Waals surface area contributed by atoms with Crippen molar-refractivity contribution in [2.75, 3.05) is 0 Å². The largest absolute Gasteiger partial charge is 0.478 e. The molecular weight excluding hydrogens is 207 g/mol. The molecule has 6 nitrogen and oxygen atoms in total. The van der Waals surface area contributed by atoms with Gasteiger partial charge < -0.3 is 15.7 Å². The molecule has 2 atom stereocenters. The summed E-state index contributed by atoms with van der Waals surface area (Å²) in [7, 11) is 0. The number of hydrogen-bond acceptors (Lipinski definition) is 4. The van der Waals surface area contributed by atoms with Crippen molar-refractivity contribution in [1.29, 1.82) is 0 Å². The number of alkyl halides is 1. The first-order chi connectivity index (χ1) is 7.00. The predicted molar refractivity (Wildman–Crippen MR) is 47.5 cm³/mol. The molecule has 0 bridgehead atoms. The monoisotopic (exact) mass is 216 g/mol. The molecule has 0 saturated heterocycles. The van der Waals surface area contributed by atoms with E-state index >= 15 is 0 Å². The van der Waals surface area contributed by atoms with Crippen molar-refractivity contribution < 1.29 is 23.9 Å². The number of carbonyl (C=O) groups excluding carboxylic acids is 1. The first kappa shape index (κ1) is 11.2. The van der Waals surface area contributed by atoms with Gasteiger partial charge in [-0.25, -0.2) is 14.0 Å². The van der Waals surface area contributed by atoms with Crippen molar-refractivity contribution in [3.8, 4) is 0 Å². The van der Waals surface area contributed by atoms with Gasteiger partial charge in [0.15, 0.2) is 0 Å². The Labute approximate surface area is 84.2 Å². The molecule has 1 aliphatic rings. The summed E-state index contributed by atoms with van der Waals surface area (Å²) in [6.07, 6.45) is 0.530. The summed E-state index contributed by atoms with van der Waals surface area (Å²) < 4.78 is 12.4. The Bertz CT molecular complexity index is 340. The molecule has 0 unspecified atom stereocenters. The molecule has 82 valence electrons. The van der Waals surface area contributed by atoms with Crippen molar-refractivity contribution >= 4 is 17.8 Å². The standard InChI is InChI=1S/C8H9FN2O4/c9-5-3-4(5)8(10)11-15-7(14)2-1-6(12)13/h1-2,4-5H,3H2,(H2,10,11)(H,12,13)/t4-,5-/m1/s1. The molecule has 0 aromatic carbocycles. The van der Waals surface area contributed by atoms with Gasteiger partial charge in [0, 0.05) is 12.2 Å². The van der Waals surface area contributed by atoms with Gasteiger partial charge in [-0.1, -0.05) is 5.16 Å². The number of nitrogens with two attached hydrogens (primary N) is 1. The first-order valence-corrected chi connectivity index (χ1v) is 4.10. The molecule has 1 saturated carbocycles.